The first-order valence-corrected chi connectivity index (χ1v) is 7.20. The summed E-state index contributed by atoms with van der Waals surface area (Å²) in [7, 11) is 0. The number of nitrogens with one attached hydrogen (secondary N) is 1. The van der Waals surface area contributed by atoms with E-state index in [9.17, 15) is 0 Å². The molecule has 0 spiro atoms. The minimum atomic E-state index is 0.657. The van der Waals surface area contributed by atoms with Crippen LogP contribution in [0.2, 0.25) is 0 Å². The van der Waals surface area contributed by atoms with Gasteiger partial charge in [0.15, 0.2) is 0 Å². The number of rotatable bonds is 7. The van der Waals surface area contributed by atoms with Crippen molar-refractivity contribution in [3.05, 3.63) is 29.8 Å². The lowest BCUT2D eigenvalue weighted by Crippen LogP contribution is -2.36. The molecule has 2 heteroatoms. The van der Waals surface area contributed by atoms with E-state index < -0.39 is 0 Å². The summed E-state index contributed by atoms with van der Waals surface area (Å²) in [4.78, 5) is 2.60. The highest BCUT2D eigenvalue weighted by atomic mass is 15.2. The summed E-state index contributed by atoms with van der Waals surface area (Å²) in [5.74, 6) is 0.978. The highest BCUT2D eigenvalue weighted by molar-refractivity contribution is 5.50. The molecule has 1 saturated carbocycles. The largest absolute Gasteiger partial charge is 0.384 e. The number of hydrogen-bond acceptors (Lipinski definition) is 2. The molecule has 0 radical (unpaired) electrons. The van der Waals surface area contributed by atoms with E-state index in [4.69, 9.17) is 0 Å². The van der Waals surface area contributed by atoms with Gasteiger partial charge in [0.2, 0.25) is 0 Å². The van der Waals surface area contributed by atoms with Gasteiger partial charge in [0.25, 0.3) is 0 Å². The molecule has 0 atom stereocenters. The van der Waals surface area contributed by atoms with Crippen LogP contribution in [0.25, 0.3) is 0 Å². The van der Waals surface area contributed by atoms with E-state index in [0.717, 1.165) is 19.0 Å². The molecule has 1 fully saturated rings. The third-order valence-electron chi connectivity index (χ3n) is 3.78. The number of para-hydroxylation sites is 1. The maximum Gasteiger partial charge on any atom is 0.0370 e. The van der Waals surface area contributed by atoms with Gasteiger partial charge in [-0.25, -0.2) is 0 Å². The third kappa shape index (κ3) is 4.02. The summed E-state index contributed by atoms with van der Waals surface area (Å²) < 4.78 is 0. The second-order valence-corrected chi connectivity index (χ2v) is 5.77. The predicted molar refractivity (Wildman–Crippen MR) is 79.1 cm³/mol. The van der Waals surface area contributed by atoms with Crippen molar-refractivity contribution in [1.29, 1.82) is 0 Å². The Morgan fingerprint density at radius 3 is 2.61 bits per heavy atom. The molecule has 1 aromatic carbocycles. The lowest BCUT2D eigenvalue weighted by molar-refractivity contribution is 0.221. The van der Waals surface area contributed by atoms with Crippen molar-refractivity contribution in [2.75, 3.05) is 25.0 Å². The quantitative estimate of drug-likeness (QED) is 0.792. The minimum absolute atomic E-state index is 0.657. The van der Waals surface area contributed by atoms with E-state index in [1.807, 2.05) is 0 Å². The Hall–Kier alpha value is -1.02. The molecule has 2 rings (SSSR count). The predicted octanol–water partition coefficient (Wildman–Crippen LogP) is 3.53. The summed E-state index contributed by atoms with van der Waals surface area (Å²) in [5, 5.41) is 3.55. The Kier molecular flexibility index (Phi) is 4.65. The van der Waals surface area contributed by atoms with Gasteiger partial charge >= 0.3 is 0 Å². The Morgan fingerprint density at radius 1 is 1.28 bits per heavy atom. The second-order valence-electron chi connectivity index (χ2n) is 5.77. The van der Waals surface area contributed by atoms with Crippen molar-refractivity contribution < 1.29 is 0 Å². The van der Waals surface area contributed by atoms with Gasteiger partial charge in [-0.2, -0.15) is 0 Å². The average Bonchev–Trinajstić information content (AvgIpc) is 3.14. The highest BCUT2D eigenvalue weighted by Gasteiger charge is 2.25. The first kappa shape index (κ1) is 13.4. The standard InChI is InChI=1S/C16H26N2/c1-13(2)18(12-15-8-9-15)11-10-17-16-7-5-4-6-14(16)3/h4-7,13,15,17H,8-12H2,1-3H3. The summed E-state index contributed by atoms with van der Waals surface area (Å²) in [6, 6.07) is 9.17. The SMILES string of the molecule is Cc1ccccc1NCCN(CC1CC1)C(C)C. The van der Waals surface area contributed by atoms with Crippen molar-refractivity contribution in [3.8, 4) is 0 Å². The second kappa shape index (κ2) is 6.24. The molecule has 100 valence electrons. The van der Waals surface area contributed by atoms with Crippen LogP contribution in [0.4, 0.5) is 5.69 Å². The van der Waals surface area contributed by atoms with Crippen LogP contribution in [0, 0.1) is 12.8 Å². The molecule has 0 bridgehead atoms. The van der Waals surface area contributed by atoms with Crippen LogP contribution in [0.5, 0.6) is 0 Å². The van der Waals surface area contributed by atoms with Crippen molar-refractivity contribution >= 4 is 5.69 Å². The van der Waals surface area contributed by atoms with Crippen molar-refractivity contribution in [2.24, 2.45) is 5.92 Å². The van der Waals surface area contributed by atoms with E-state index in [2.05, 4.69) is 55.3 Å². The number of hydrogen-bond donors (Lipinski definition) is 1. The van der Waals surface area contributed by atoms with Gasteiger partial charge in [0.05, 0.1) is 0 Å². The Bertz CT molecular complexity index is 369. The molecule has 1 aromatic rings. The normalized spacial score (nSPS) is 15.4. The zero-order valence-electron chi connectivity index (χ0n) is 11.9. The summed E-state index contributed by atoms with van der Waals surface area (Å²) in [6.45, 7) is 10.2. The third-order valence-corrected chi connectivity index (χ3v) is 3.78. The van der Waals surface area contributed by atoms with Gasteiger partial charge in [-0.1, -0.05) is 18.2 Å². The molecular formula is C16H26N2. The molecule has 18 heavy (non-hydrogen) atoms. The molecule has 0 saturated heterocycles. The van der Waals surface area contributed by atoms with Gasteiger partial charge < -0.3 is 5.32 Å². The topological polar surface area (TPSA) is 15.3 Å². The lowest BCUT2D eigenvalue weighted by atomic mass is 10.2. The fraction of sp³-hybridized carbons (Fsp3) is 0.625. The van der Waals surface area contributed by atoms with Gasteiger partial charge in [-0.3, -0.25) is 4.90 Å². The van der Waals surface area contributed by atoms with Crippen LogP contribution in [0.3, 0.4) is 0 Å². The molecule has 2 nitrogen and oxygen atoms in total. The molecule has 0 aliphatic heterocycles. The molecule has 0 aromatic heterocycles. The number of aryl methyl sites for hydroxylation is 1. The fourth-order valence-electron chi connectivity index (χ4n) is 2.30. The number of benzene rings is 1. The van der Waals surface area contributed by atoms with Crippen LogP contribution in [-0.4, -0.2) is 30.6 Å². The van der Waals surface area contributed by atoms with Crippen molar-refractivity contribution in [2.45, 2.75) is 39.7 Å². The zero-order chi connectivity index (χ0) is 13.0. The number of nitrogens with zero attached hydrogens (tertiary/aromatic N) is 1. The fourth-order valence-corrected chi connectivity index (χ4v) is 2.30. The Morgan fingerprint density at radius 2 is 2.00 bits per heavy atom. The average molecular weight is 246 g/mol. The Labute approximate surface area is 111 Å². The van der Waals surface area contributed by atoms with Crippen LogP contribution >= 0.6 is 0 Å². The van der Waals surface area contributed by atoms with Crippen LogP contribution in [0.15, 0.2) is 24.3 Å². The molecule has 1 aliphatic rings. The van der Waals surface area contributed by atoms with E-state index in [-0.39, 0.29) is 0 Å². The monoisotopic (exact) mass is 246 g/mol. The maximum atomic E-state index is 3.55. The summed E-state index contributed by atoms with van der Waals surface area (Å²) >= 11 is 0. The van der Waals surface area contributed by atoms with E-state index in [1.54, 1.807) is 0 Å². The van der Waals surface area contributed by atoms with E-state index in [1.165, 1.54) is 30.6 Å². The maximum absolute atomic E-state index is 3.55. The lowest BCUT2D eigenvalue weighted by Gasteiger charge is -2.26. The summed E-state index contributed by atoms with van der Waals surface area (Å²) in [6.07, 6.45) is 2.88. The molecule has 1 N–H and O–H groups in total. The molecule has 0 heterocycles. The van der Waals surface area contributed by atoms with Gasteiger partial charge in [-0.15, -0.1) is 0 Å². The molecule has 1 aliphatic carbocycles. The van der Waals surface area contributed by atoms with Gasteiger partial charge in [-0.05, 0) is 51.2 Å². The van der Waals surface area contributed by atoms with E-state index >= 15 is 0 Å². The summed E-state index contributed by atoms with van der Waals surface area (Å²) in [5.41, 5.74) is 2.60. The molecular weight excluding hydrogens is 220 g/mol. The first-order chi connectivity index (χ1) is 8.66. The van der Waals surface area contributed by atoms with Gasteiger partial charge in [0.1, 0.15) is 0 Å². The van der Waals surface area contributed by atoms with Crippen molar-refractivity contribution in [1.82, 2.24) is 4.90 Å². The smallest absolute Gasteiger partial charge is 0.0370 e. The Balaban J connectivity index is 1.77. The van der Waals surface area contributed by atoms with E-state index in [0.29, 0.717) is 6.04 Å². The van der Waals surface area contributed by atoms with Crippen molar-refractivity contribution in [3.63, 3.8) is 0 Å². The molecule has 0 unspecified atom stereocenters. The highest BCUT2D eigenvalue weighted by Crippen LogP contribution is 2.30. The van der Waals surface area contributed by atoms with Gasteiger partial charge in [0, 0.05) is 31.4 Å². The van der Waals surface area contributed by atoms with Crippen LogP contribution in [0.1, 0.15) is 32.3 Å². The minimum Gasteiger partial charge on any atom is -0.384 e. The van der Waals surface area contributed by atoms with Crippen LogP contribution < -0.4 is 5.32 Å². The first-order valence-electron chi connectivity index (χ1n) is 7.20. The zero-order valence-corrected chi connectivity index (χ0v) is 11.9. The molecule has 0 amide bonds. The van der Waals surface area contributed by atoms with Crippen LogP contribution in [-0.2, 0) is 0 Å². The number of anilines is 1.